The first-order valence-corrected chi connectivity index (χ1v) is 8.19. The van der Waals surface area contributed by atoms with Gasteiger partial charge in [-0.3, -0.25) is 0 Å². The van der Waals surface area contributed by atoms with Crippen molar-refractivity contribution in [3.05, 3.63) is 0 Å². The monoisotopic (exact) mass is 301 g/mol. The number of hydrogen-bond acceptors (Lipinski definition) is 4. The van der Waals surface area contributed by atoms with E-state index >= 15 is 0 Å². The predicted molar refractivity (Wildman–Crippen MR) is 93.9 cm³/mol. The van der Waals surface area contributed by atoms with Crippen molar-refractivity contribution in [3.8, 4) is 0 Å². The Kier molecular flexibility index (Phi) is 15.7. The summed E-state index contributed by atoms with van der Waals surface area (Å²) in [7, 11) is 8.53. The molecular formula is C17H39N3O. The Morgan fingerprint density at radius 3 is 1.81 bits per heavy atom. The average Bonchev–Trinajstić information content (AvgIpc) is 2.40. The van der Waals surface area contributed by atoms with Crippen molar-refractivity contribution in [1.29, 1.82) is 0 Å². The van der Waals surface area contributed by atoms with Crippen molar-refractivity contribution in [2.45, 2.75) is 46.6 Å². The number of carbonyl (C=O) groups excluding carboxylic acids is 1. The molecule has 0 radical (unpaired) electrons. The summed E-state index contributed by atoms with van der Waals surface area (Å²) in [4.78, 5) is 14.2. The van der Waals surface area contributed by atoms with Gasteiger partial charge in [-0.15, -0.1) is 0 Å². The topological polar surface area (TPSA) is 35.6 Å². The van der Waals surface area contributed by atoms with Gasteiger partial charge in [-0.25, -0.2) is 0 Å². The highest BCUT2D eigenvalue weighted by Crippen LogP contribution is 2.11. The fourth-order valence-corrected chi connectivity index (χ4v) is 1.92. The zero-order chi connectivity index (χ0) is 16.8. The Balaban J connectivity index is 0. The third-order valence-corrected chi connectivity index (χ3v) is 3.30. The number of nitrogens with zero attached hydrogens (tertiary/aromatic N) is 2. The van der Waals surface area contributed by atoms with Gasteiger partial charge in [0.25, 0.3) is 0 Å². The van der Waals surface area contributed by atoms with Crippen LogP contribution in [0, 0.1) is 11.8 Å². The molecule has 0 aromatic carbocycles. The number of hydrogen-bond donors (Lipinski definition) is 1. The van der Waals surface area contributed by atoms with Gasteiger partial charge in [0.05, 0.1) is 0 Å². The minimum Gasteiger partial charge on any atom is -0.319 e. The van der Waals surface area contributed by atoms with E-state index in [0.29, 0.717) is 0 Å². The molecule has 1 aliphatic heterocycles. The molecule has 0 spiro atoms. The van der Waals surface area contributed by atoms with Gasteiger partial charge in [0.2, 0.25) is 0 Å². The molecule has 0 aliphatic carbocycles. The van der Waals surface area contributed by atoms with E-state index < -0.39 is 0 Å². The summed E-state index contributed by atoms with van der Waals surface area (Å²) in [5.74, 6) is 0.991. The highest BCUT2D eigenvalue weighted by molar-refractivity contribution is 5.51. The molecule has 0 atom stereocenters. The van der Waals surface area contributed by atoms with Crippen LogP contribution < -0.4 is 5.32 Å². The van der Waals surface area contributed by atoms with Crippen molar-refractivity contribution in [3.63, 3.8) is 0 Å². The van der Waals surface area contributed by atoms with E-state index in [0.717, 1.165) is 24.8 Å². The van der Waals surface area contributed by atoms with Gasteiger partial charge in [0.1, 0.15) is 6.29 Å². The Morgan fingerprint density at radius 2 is 1.62 bits per heavy atom. The van der Waals surface area contributed by atoms with Crippen LogP contribution in [0.5, 0.6) is 0 Å². The lowest BCUT2D eigenvalue weighted by Gasteiger charge is -2.32. The molecule has 128 valence electrons. The van der Waals surface area contributed by atoms with Crippen LogP contribution in [0.2, 0.25) is 0 Å². The first-order valence-electron chi connectivity index (χ1n) is 8.19. The summed E-state index contributed by atoms with van der Waals surface area (Å²) < 4.78 is 0. The van der Waals surface area contributed by atoms with Crippen molar-refractivity contribution >= 4 is 6.29 Å². The maximum Gasteiger partial charge on any atom is 0.122 e. The highest BCUT2D eigenvalue weighted by Gasteiger charge is 2.17. The van der Waals surface area contributed by atoms with Gasteiger partial charge in [0, 0.05) is 12.0 Å². The van der Waals surface area contributed by atoms with Gasteiger partial charge in [-0.1, -0.05) is 27.7 Å². The van der Waals surface area contributed by atoms with Crippen molar-refractivity contribution < 1.29 is 4.79 Å². The molecule has 0 aromatic heterocycles. The fraction of sp³-hybridized carbons (Fsp3) is 0.941. The molecule has 0 unspecified atom stereocenters. The Bertz CT molecular complexity index is 222. The van der Waals surface area contributed by atoms with Crippen LogP contribution in [-0.4, -0.2) is 70.0 Å². The lowest BCUT2D eigenvalue weighted by molar-refractivity contribution is -0.110. The first kappa shape index (κ1) is 22.8. The smallest absolute Gasteiger partial charge is 0.122 e. The molecule has 1 rings (SSSR count). The summed E-state index contributed by atoms with van der Waals surface area (Å²) in [6.07, 6.45) is 3.59. The second-order valence-electron chi connectivity index (χ2n) is 6.83. The zero-order valence-corrected chi connectivity index (χ0v) is 15.6. The lowest BCUT2D eigenvalue weighted by Crippen LogP contribution is -2.40. The largest absolute Gasteiger partial charge is 0.319 e. The van der Waals surface area contributed by atoms with Crippen LogP contribution in [0.15, 0.2) is 0 Å². The second-order valence-corrected chi connectivity index (χ2v) is 6.83. The third-order valence-electron chi connectivity index (χ3n) is 3.30. The summed E-state index contributed by atoms with van der Waals surface area (Å²) >= 11 is 0. The minimum atomic E-state index is 0.204. The molecular weight excluding hydrogens is 262 g/mol. The first-order chi connectivity index (χ1) is 9.74. The molecule has 0 saturated carbocycles. The molecule has 1 fully saturated rings. The standard InChI is InChI=1S/C8H18N2.C5H13N.C4H8O/c1-9(2)8-4-6-10(3)7-5-8;1-5(2)4-6-3;1-4(2)3-5/h8H,4-7H2,1-3H3;5-6H,4H2,1-3H3;3-4H,1-2H3. The molecule has 1 heterocycles. The Hall–Kier alpha value is -0.450. The number of nitrogens with one attached hydrogen (secondary N) is 1. The molecule has 1 N–H and O–H groups in total. The van der Waals surface area contributed by atoms with E-state index in [1.165, 1.54) is 25.9 Å². The van der Waals surface area contributed by atoms with Crippen molar-refractivity contribution in [1.82, 2.24) is 15.1 Å². The Morgan fingerprint density at radius 1 is 1.19 bits per heavy atom. The molecule has 0 amide bonds. The van der Waals surface area contributed by atoms with E-state index in [1.54, 1.807) is 0 Å². The zero-order valence-electron chi connectivity index (χ0n) is 15.6. The van der Waals surface area contributed by atoms with Gasteiger partial charge >= 0.3 is 0 Å². The van der Waals surface area contributed by atoms with Crippen LogP contribution >= 0.6 is 0 Å². The Labute approximate surface area is 133 Å². The summed E-state index contributed by atoms with van der Waals surface area (Å²) in [5.41, 5.74) is 0. The van der Waals surface area contributed by atoms with Crippen molar-refractivity contribution in [2.75, 3.05) is 47.8 Å². The van der Waals surface area contributed by atoms with Gasteiger partial charge in [-0.2, -0.15) is 0 Å². The van der Waals surface area contributed by atoms with Crippen molar-refractivity contribution in [2.24, 2.45) is 11.8 Å². The van der Waals surface area contributed by atoms with Gasteiger partial charge in [-0.05, 0) is 66.6 Å². The number of piperidine rings is 1. The van der Waals surface area contributed by atoms with Gasteiger partial charge in [0.15, 0.2) is 0 Å². The van der Waals surface area contributed by atoms with E-state index in [9.17, 15) is 4.79 Å². The maximum atomic E-state index is 9.50. The van der Waals surface area contributed by atoms with E-state index in [-0.39, 0.29) is 5.92 Å². The van der Waals surface area contributed by atoms with E-state index in [4.69, 9.17) is 0 Å². The summed E-state index contributed by atoms with van der Waals surface area (Å²) in [6.45, 7) is 11.7. The molecule has 4 nitrogen and oxygen atoms in total. The van der Waals surface area contributed by atoms with Crippen LogP contribution in [0.25, 0.3) is 0 Å². The summed E-state index contributed by atoms with van der Waals surface area (Å²) in [5, 5.41) is 3.07. The highest BCUT2D eigenvalue weighted by atomic mass is 16.1. The van der Waals surface area contributed by atoms with Crippen LogP contribution in [-0.2, 0) is 4.79 Å². The molecule has 0 bridgehead atoms. The predicted octanol–water partition coefficient (Wildman–Crippen LogP) is 2.35. The number of rotatable bonds is 4. The number of likely N-dealkylation sites (tertiary alicyclic amines) is 1. The quantitative estimate of drug-likeness (QED) is 0.809. The van der Waals surface area contributed by atoms with E-state index in [2.05, 4.69) is 50.1 Å². The number of aldehydes is 1. The van der Waals surface area contributed by atoms with Gasteiger partial charge < -0.3 is 19.9 Å². The molecule has 0 aromatic rings. The van der Waals surface area contributed by atoms with E-state index in [1.807, 2.05) is 20.9 Å². The fourth-order valence-electron chi connectivity index (χ4n) is 1.92. The molecule has 1 aliphatic rings. The minimum absolute atomic E-state index is 0.204. The molecule has 21 heavy (non-hydrogen) atoms. The summed E-state index contributed by atoms with van der Waals surface area (Å²) in [6, 6.07) is 0.830. The van der Waals surface area contributed by atoms with Crippen LogP contribution in [0.3, 0.4) is 0 Å². The molecule has 4 heteroatoms. The molecule has 1 saturated heterocycles. The lowest BCUT2D eigenvalue weighted by atomic mass is 10.1. The van der Waals surface area contributed by atoms with Crippen LogP contribution in [0.4, 0.5) is 0 Å². The maximum absolute atomic E-state index is 9.50. The van der Waals surface area contributed by atoms with Crippen LogP contribution in [0.1, 0.15) is 40.5 Å². The third kappa shape index (κ3) is 17.5. The number of carbonyl (C=O) groups is 1. The SMILES string of the molecule is CC(C)C=O.CN1CCC(N(C)C)CC1.CNCC(C)C. The normalized spacial score (nSPS) is 16.3. The second kappa shape index (κ2) is 14.5. The average molecular weight is 302 g/mol.